The van der Waals surface area contributed by atoms with Crippen LogP contribution in [0.15, 0.2) is 0 Å². The number of nitrogens with one attached hydrogen (secondary N) is 3. The second-order valence-electron chi connectivity index (χ2n) is 4.76. The first kappa shape index (κ1) is 18.9. The average Bonchev–Trinajstić information content (AvgIpc) is 2.18. The first-order chi connectivity index (χ1) is 8.81. The summed E-state index contributed by atoms with van der Waals surface area (Å²) in [5, 5.41) is 2.25. The van der Waals surface area contributed by atoms with Gasteiger partial charge in [-0.1, -0.05) is 0 Å². The highest BCUT2D eigenvalue weighted by molar-refractivity contribution is 7.87. The third-order valence-electron chi connectivity index (χ3n) is 1.55. The van der Waals surface area contributed by atoms with Crippen LogP contribution in [0.3, 0.4) is 0 Å². The van der Waals surface area contributed by atoms with Gasteiger partial charge in [0.25, 0.3) is 10.2 Å². The second kappa shape index (κ2) is 7.09. The van der Waals surface area contributed by atoms with E-state index in [0.29, 0.717) is 0 Å². The Bertz CT molecular complexity index is 417. The molecule has 11 heteroatoms. The summed E-state index contributed by atoms with van der Waals surface area (Å²) < 4.78 is 65.6. The summed E-state index contributed by atoms with van der Waals surface area (Å²) in [6.45, 7) is 2.89. The van der Waals surface area contributed by atoms with Crippen molar-refractivity contribution >= 4 is 16.3 Å². The Morgan fingerprint density at radius 1 is 1.10 bits per heavy atom. The summed E-state index contributed by atoms with van der Waals surface area (Å²) in [5.41, 5.74) is -0.697. The molecule has 0 radical (unpaired) electrons. The molecule has 0 spiro atoms. The minimum Gasteiger partial charge on any atom is -0.444 e. The first-order valence-corrected chi connectivity index (χ1v) is 7.07. The van der Waals surface area contributed by atoms with E-state index in [9.17, 15) is 26.4 Å². The smallest absolute Gasteiger partial charge is 0.407 e. The largest absolute Gasteiger partial charge is 0.444 e. The van der Waals surface area contributed by atoms with Crippen molar-refractivity contribution in [2.45, 2.75) is 32.5 Å². The summed E-state index contributed by atoms with van der Waals surface area (Å²) in [5.74, 6) is 0. The fraction of sp³-hybridized carbons (Fsp3) is 0.889. The molecular formula is C9H18F3N3O4S. The lowest BCUT2D eigenvalue weighted by atomic mass is 10.2. The summed E-state index contributed by atoms with van der Waals surface area (Å²) in [7, 11) is -4.26. The lowest BCUT2D eigenvalue weighted by Crippen LogP contribution is -2.44. The Balaban J connectivity index is 3.92. The van der Waals surface area contributed by atoms with Crippen molar-refractivity contribution in [1.29, 1.82) is 0 Å². The van der Waals surface area contributed by atoms with Crippen LogP contribution < -0.4 is 14.8 Å². The van der Waals surface area contributed by atoms with Gasteiger partial charge in [-0.3, -0.25) is 0 Å². The molecule has 0 heterocycles. The van der Waals surface area contributed by atoms with Gasteiger partial charge in [-0.25, -0.2) is 9.52 Å². The normalized spacial score (nSPS) is 13.1. The molecule has 0 saturated heterocycles. The maximum absolute atomic E-state index is 11.8. The van der Waals surface area contributed by atoms with Gasteiger partial charge < -0.3 is 10.1 Å². The van der Waals surface area contributed by atoms with E-state index in [0.717, 1.165) is 0 Å². The van der Waals surface area contributed by atoms with E-state index in [1.54, 1.807) is 20.8 Å². The number of alkyl carbamates (subject to hydrolysis) is 1. The van der Waals surface area contributed by atoms with Gasteiger partial charge in [0.15, 0.2) is 0 Å². The first-order valence-electron chi connectivity index (χ1n) is 5.59. The van der Waals surface area contributed by atoms with Gasteiger partial charge in [0, 0.05) is 13.1 Å². The number of ether oxygens (including phenoxy) is 1. The van der Waals surface area contributed by atoms with E-state index in [1.165, 1.54) is 4.72 Å². The van der Waals surface area contributed by atoms with Gasteiger partial charge in [0.1, 0.15) is 12.1 Å². The molecule has 3 N–H and O–H groups in total. The van der Waals surface area contributed by atoms with Crippen molar-refractivity contribution < 1.29 is 31.1 Å². The van der Waals surface area contributed by atoms with Gasteiger partial charge in [-0.2, -0.15) is 26.3 Å². The molecule has 1 amide bonds. The predicted molar refractivity (Wildman–Crippen MR) is 65.2 cm³/mol. The van der Waals surface area contributed by atoms with Crippen LogP contribution in [0.2, 0.25) is 0 Å². The summed E-state index contributed by atoms with van der Waals surface area (Å²) in [4.78, 5) is 11.2. The zero-order chi connectivity index (χ0) is 16.0. The van der Waals surface area contributed by atoms with Gasteiger partial charge >= 0.3 is 12.3 Å². The van der Waals surface area contributed by atoms with E-state index in [-0.39, 0.29) is 13.1 Å². The summed E-state index contributed by atoms with van der Waals surface area (Å²) in [6, 6.07) is 0. The monoisotopic (exact) mass is 321 g/mol. The highest BCUT2D eigenvalue weighted by Crippen LogP contribution is 2.12. The molecule has 0 bridgehead atoms. The van der Waals surface area contributed by atoms with Crippen LogP contribution in [-0.4, -0.2) is 45.9 Å². The number of hydrogen-bond donors (Lipinski definition) is 3. The van der Waals surface area contributed by atoms with Gasteiger partial charge in [-0.05, 0) is 20.8 Å². The molecule has 0 rings (SSSR count). The molecule has 0 aliphatic heterocycles. The SMILES string of the molecule is CC(C)(C)OC(=O)NCCNS(=O)(=O)NCC(F)(F)F. The molecule has 0 fully saturated rings. The molecular weight excluding hydrogens is 303 g/mol. The molecule has 0 aliphatic carbocycles. The minimum atomic E-state index is -4.64. The number of amides is 1. The van der Waals surface area contributed by atoms with Crippen LogP contribution >= 0.6 is 0 Å². The molecule has 0 saturated carbocycles. The van der Waals surface area contributed by atoms with Crippen LogP contribution in [0.25, 0.3) is 0 Å². The zero-order valence-electron chi connectivity index (χ0n) is 11.3. The molecule has 0 aromatic carbocycles. The van der Waals surface area contributed by atoms with E-state index in [4.69, 9.17) is 4.74 Å². The number of alkyl halides is 3. The standard InChI is InChI=1S/C9H18F3N3O4S/c1-8(2,3)19-7(16)13-4-5-14-20(17,18)15-6-9(10,11)12/h14-15H,4-6H2,1-3H3,(H,13,16). The Morgan fingerprint density at radius 3 is 2.10 bits per heavy atom. The zero-order valence-corrected chi connectivity index (χ0v) is 12.1. The molecule has 0 atom stereocenters. The number of carbonyl (C=O) groups is 1. The van der Waals surface area contributed by atoms with Crippen LogP contribution in [0, 0.1) is 0 Å². The average molecular weight is 321 g/mol. The Morgan fingerprint density at radius 2 is 1.65 bits per heavy atom. The van der Waals surface area contributed by atoms with E-state index >= 15 is 0 Å². The molecule has 0 aromatic rings. The van der Waals surface area contributed by atoms with Crippen molar-refractivity contribution in [3.8, 4) is 0 Å². The quantitative estimate of drug-likeness (QED) is 0.621. The summed E-state index contributed by atoms with van der Waals surface area (Å²) >= 11 is 0. The molecule has 0 aromatic heterocycles. The lowest BCUT2D eigenvalue weighted by Gasteiger charge is -2.19. The predicted octanol–water partition coefficient (Wildman–Crippen LogP) is 0.497. The van der Waals surface area contributed by atoms with Gasteiger partial charge in [-0.15, -0.1) is 0 Å². The molecule has 20 heavy (non-hydrogen) atoms. The molecule has 0 unspecified atom stereocenters. The summed E-state index contributed by atoms with van der Waals surface area (Å²) in [6.07, 6.45) is -5.39. The Kier molecular flexibility index (Phi) is 6.71. The van der Waals surface area contributed by atoms with Crippen molar-refractivity contribution in [3.63, 3.8) is 0 Å². The van der Waals surface area contributed by atoms with Gasteiger partial charge in [0.2, 0.25) is 0 Å². The Hall–Kier alpha value is -1.07. The highest BCUT2D eigenvalue weighted by Gasteiger charge is 2.29. The fourth-order valence-corrected chi connectivity index (χ4v) is 1.72. The van der Waals surface area contributed by atoms with Crippen molar-refractivity contribution in [2.24, 2.45) is 0 Å². The van der Waals surface area contributed by atoms with Crippen LogP contribution in [0.4, 0.5) is 18.0 Å². The van der Waals surface area contributed by atoms with E-state index in [1.807, 2.05) is 4.72 Å². The van der Waals surface area contributed by atoms with Crippen LogP contribution in [0.1, 0.15) is 20.8 Å². The topological polar surface area (TPSA) is 96.5 Å². The van der Waals surface area contributed by atoms with E-state index < -0.39 is 34.6 Å². The highest BCUT2D eigenvalue weighted by atomic mass is 32.2. The van der Waals surface area contributed by atoms with Crippen molar-refractivity contribution in [1.82, 2.24) is 14.8 Å². The van der Waals surface area contributed by atoms with Crippen LogP contribution in [0.5, 0.6) is 0 Å². The third kappa shape index (κ3) is 12.0. The maximum atomic E-state index is 11.8. The second-order valence-corrected chi connectivity index (χ2v) is 6.35. The molecule has 0 aliphatic rings. The van der Waals surface area contributed by atoms with Crippen LogP contribution in [-0.2, 0) is 14.9 Å². The van der Waals surface area contributed by atoms with Crippen molar-refractivity contribution in [2.75, 3.05) is 19.6 Å². The number of rotatable bonds is 6. The van der Waals surface area contributed by atoms with E-state index in [2.05, 4.69) is 5.32 Å². The van der Waals surface area contributed by atoms with Gasteiger partial charge in [0.05, 0.1) is 0 Å². The Labute approximate surface area is 115 Å². The lowest BCUT2D eigenvalue weighted by molar-refractivity contribution is -0.121. The third-order valence-corrected chi connectivity index (χ3v) is 2.66. The molecule has 120 valence electrons. The minimum absolute atomic E-state index is 0.123. The number of halogens is 3. The fourth-order valence-electron chi connectivity index (χ4n) is 0.892. The number of carbonyl (C=O) groups excluding carboxylic acids is 1. The molecule has 7 nitrogen and oxygen atoms in total. The number of hydrogen-bond acceptors (Lipinski definition) is 4. The maximum Gasteiger partial charge on any atom is 0.407 e. The van der Waals surface area contributed by atoms with Crippen molar-refractivity contribution in [3.05, 3.63) is 0 Å².